The van der Waals surface area contributed by atoms with Gasteiger partial charge in [-0.3, -0.25) is 9.48 Å². The molecule has 8 heteroatoms. The number of aryl methyl sites for hydroxylation is 2. The second-order valence-electron chi connectivity index (χ2n) is 7.38. The lowest BCUT2D eigenvalue weighted by Gasteiger charge is -2.08. The Bertz CT molecular complexity index is 1130. The summed E-state index contributed by atoms with van der Waals surface area (Å²) in [5.41, 5.74) is 4.43. The Hall–Kier alpha value is -3.81. The van der Waals surface area contributed by atoms with E-state index >= 15 is 0 Å². The molecule has 0 aliphatic carbocycles. The van der Waals surface area contributed by atoms with Gasteiger partial charge in [0.15, 0.2) is 18.1 Å². The highest BCUT2D eigenvalue weighted by molar-refractivity contribution is 5.96. The number of anilines is 1. The van der Waals surface area contributed by atoms with E-state index in [1.54, 1.807) is 29.8 Å². The number of aromatic nitrogens is 2. The molecule has 0 spiro atoms. The lowest BCUT2D eigenvalue weighted by molar-refractivity contribution is -0.119. The van der Waals surface area contributed by atoms with Crippen LogP contribution in [0.1, 0.15) is 32.9 Å². The van der Waals surface area contributed by atoms with Crippen LogP contribution in [-0.4, -0.2) is 35.1 Å². The molecule has 31 heavy (non-hydrogen) atoms. The Balaban J connectivity index is 1.37. The number of hydrogen-bond donors (Lipinski definition) is 1. The molecule has 0 unspecified atom stereocenters. The largest absolute Gasteiger partial charge is 0.454 e. The highest BCUT2D eigenvalue weighted by Gasteiger charge is 2.21. The average molecular weight is 421 g/mol. The first-order valence-corrected chi connectivity index (χ1v) is 9.87. The molecule has 1 amide bonds. The third-order valence-corrected chi connectivity index (χ3v) is 5.03. The molecule has 1 aliphatic rings. The lowest BCUT2D eigenvalue weighted by Crippen LogP contribution is -2.21. The molecule has 2 heterocycles. The van der Waals surface area contributed by atoms with Crippen LogP contribution in [0.15, 0.2) is 42.5 Å². The standard InChI is InChI=1S/C23H23N3O5/c1-14-4-6-17(7-5-14)11-26-16(3)22(15(2)25-26)23(28)29-12-21(27)24-18-8-9-19-20(10-18)31-13-30-19/h4-10H,11-13H2,1-3H3,(H,24,27). The monoisotopic (exact) mass is 421 g/mol. The Morgan fingerprint density at radius 2 is 1.81 bits per heavy atom. The molecule has 2 aromatic carbocycles. The molecule has 4 rings (SSSR count). The van der Waals surface area contributed by atoms with Gasteiger partial charge in [-0.2, -0.15) is 5.10 Å². The van der Waals surface area contributed by atoms with Gasteiger partial charge in [0.1, 0.15) is 5.56 Å². The van der Waals surface area contributed by atoms with Crippen LogP contribution in [0.25, 0.3) is 0 Å². The molecule has 8 nitrogen and oxygen atoms in total. The minimum atomic E-state index is -0.578. The molecule has 1 aliphatic heterocycles. The van der Waals surface area contributed by atoms with E-state index in [1.807, 2.05) is 38.1 Å². The second kappa shape index (κ2) is 8.51. The van der Waals surface area contributed by atoms with E-state index < -0.39 is 18.5 Å². The second-order valence-corrected chi connectivity index (χ2v) is 7.38. The van der Waals surface area contributed by atoms with Gasteiger partial charge in [-0.25, -0.2) is 4.79 Å². The number of carbonyl (C=O) groups excluding carboxylic acids is 2. The third kappa shape index (κ3) is 4.53. The molecule has 3 aromatic rings. The third-order valence-electron chi connectivity index (χ3n) is 5.03. The highest BCUT2D eigenvalue weighted by Crippen LogP contribution is 2.34. The summed E-state index contributed by atoms with van der Waals surface area (Å²) < 4.78 is 17.5. The Kier molecular flexibility index (Phi) is 5.62. The van der Waals surface area contributed by atoms with Gasteiger partial charge in [0.05, 0.1) is 17.9 Å². The SMILES string of the molecule is Cc1ccc(Cn2nc(C)c(C(=O)OCC(=O)Nc3ccc4c(c3)OCO4)c2C)cc1. The van der Waals surface area contributed by atoms with Crippen molar-refractivity contribution in [2.45, 2.75) is 27.3 Å². The van der Waals surface area contributed by atoms with E-state index in [0.717, 1.165) is 5.56 Å². The number of nitrogens with one attached hydrogen (secondary N) is 1. The van der Waals surface area contributed by atoms with E-state index in [1.165, 1.54) is 5.56 Å². The number of benzene rings is 2. The summed E-state index contributed by atoms with van der Waals surface area (Å²) in [4.78, 5) is 24.8. The van der Waals surface area contributed by atoms with E-state index in [2.05, 4.69) is 10.4 Å². The fourth-order valence-corrected chi connectivity index (χ4v) is 3.39. The van der Waals surface area contributed by atoms with Gasteiger partial charge in [0, 0.05) is 11.8 Å². The molecule has 0 saturated heterocycles. The van der Waals surface area contributed by atoms with Crippen LogP contribution in [-0.2, 0) is 16.1 Å². The first kappa shape index (κ1) is 20.5. The Morgan fingerprint density at radius 3 is 2.58 bits per heavy atom. The van der Waals surface area contributed by atoms with Crippen LogP contribution in [0.2, 0.25) is 0 Å². The van der Waals surface area contributed by atoms with Crippen molar-refractivity contribution >= 4 is 17.6 Å². The van der Waals surface area contributed by atoms with Gasteiger partial charge >= 0.3 is 5.97 Å². The summed E-state index contributed by atoms with van der Waals surface area (Å²) in [5.74, 6) is 0.153. The zero-order chi connectivity index (χ0) is 22.0. The molecular formula is C23H23N3O5. The van der Waals surface area contributed by atoms with Gasteiger partial charge in [0.25, 0.3) is 5.91 Å². The summed E-state index contributed by atoms with van der Waals surface area (Å²) in [6.07, 6.45) is 0. The quantitative estimate of drug-likeness (QED) is 0.614. The average Bonchev–Trinajstić information content (AvgIpc) is 3.31. The van der Waals surface area contributed by atoms with Crippen LogP contribution < -0.4 is 14.8 Å². The minimum Gasteiger partial charge on any atom is -0.454 e. The number of rotatable bonds is 6. The molecule has 0 bridgehead atoms. The van der Waals surface area contributed by atoms with Gasteiger partial charge < -0.3 is 19.5 Å². The molecule has 0 saturated carbocycles. The van der Waals surface area contributed by atoms with Crippen molar-refractivity contribution in [3.05, 3.63) is 70.5 Å². The first-order valence-electron chi connectivity index (χ1n) is 9.87. The van der Waals surface area contributed by atoms with E-state index in [4.69, 9.17) is 14.2 Å². The maximum Gasteiger partial charge on any atom is 0.342 e. The highest BCUT2D eigenvalue weighted by atomic mass is 16.7. The maximum absolute atomic E-state index is 12.6. The zero-order valence-corrected chi connectivity index (χ0v) is 17.6. The summed E-state index contributed by atoms with van der Waals surface area (Å²) in [7, 11) is 0. The normalized spacial score (nSPS) is 12.0. The first-order chi connectivity index (χ1) is 14.9. The number of ether oxygens (including phenoxy) is 3. The van der Waals surface area contributed by atoms with Crippen LogP contribution in [0.3, 0.4) is 0 Å². The smallest absolute Gasteiger partial charge is 0.342 e. The number of esters is 1. The molecule has 0 radical (unpaired) electrons. The number of nitrogens with zero attached hydrogens (tertiary/aromatic N) is 2. The van der Waals surface area contributed by atoms with E-state index in [0.29, 0.717) is 40.7 Å². The number of amides is 1. The molecule has 0 fully saturated rings. The van der Waals surface area contributed by atoms with Crippen LogP contribution in [0.5, 0.6) is 11.5 Å². The van der Waals surface area contributed by atoms with E-state index in [9.17, 15) is 9.59 Å². The number of hydrogen-bond acceptors (Lipinski definition) is 6. The lowest BCUT2D eigenvalue weighted by atomic mass is 10.1. The van der Waals surface area contributed by atoms with Crippen molar-refractivity contribution in [3.8, 4) is 11.5 Å². The fourth-order valence-electron chi connectivity index (χ4n) is 3.39. The van der Waals surface area contributed by atoms with Gasteiger partial charge in [-0.1, -0.05) is 29.8 Å². The van der Waals surface area contributed by atoms with Crippen LogP contribution >= 0.6 is 0 Å². The molecule has 0 atom stereocenters. The Morgan fingerprint density at radius 1 is 1.06 bits per heavy atom. The fraction of sp³-hybridized carbons (Fsp3) is 0.261. The molecule has 160 valence electrons. The van der Waals surface area contributed by atoms with Crippen LogP contribution in [0.4, 0.5) is 5.69 Å². The van der Waals surface area contributed by atoms with Crippen molar-refractivity contribution in [1.82, 2.24) is 9.78 Å². The van der Waals surface area contributed by atoms with Crippen molar-refractivity contribution < 1.29 is 23.8 Å². The van der Waals surface area contributed by atoms with E-state index in [-0.39, 0.29) is 6.79 Å². The van der Waals surface area contributed by atoms with Gasteiger partial charge in [0.2, 0.25) is 6.79 Å². The van der Waals surface area contributed by atoms with Crippen molar-refractivity contribution in [3.63, 3.8) is 0 Å². The summed E-state index contributed by atoms with van der Waals surface area (Å²) in [5, 5.41) is 7.14. The predicted molar refractivity (Wildman–Crippen MR) is 113 cm³/mol. The summed E-state index contributed by atoms with van der Waals surface area (Å²) in [6.45, 7) is 5.89. The summed E-state index contributed by atoms with van der Waals surface area (Å²) >= 11 is 0. The zero-order valence-electron chi connectivity index (χ0n) is 17.6. The summed E-state index contributed by atoms with van der Waals surface area (Å²) in [6, 6.07) is 13.2. The predicted octanol–water partition coefficient (Wildman–Crippen LogP) is 3.38. The molecule has 1 aromatic heterocycles. The molecule has 1 N–H and O–H groups in total. The topological polar surface area (TPSA) is 91.7 Å². The van der Waals surface area contributed by atoms with Gasteiger partial charge in [-0.05, 0) is 38.5 Å². The Labute approximate surface area is 179 Å². The van der Waals surface area contributed by atoms with Crippen LogP contribution in [0, 0.1) is 20.8 Å². The van der Waals surface area contributed by atoms with Gasteiger partial charge in [-0.15, -0.1) is 0 Å². The molecular weight excluding hydrogens is 398 g/mol. The van der Waals surface area contributed by atoms with Crippen molar-refractivity contribution in [2.24, 2.45) is 0 Å². The number of carbonyl (C=O) groups is 2. The van der Waals surface area contributed by atoms with Crippen molar-refractivity contribution in [2.75, 3.05) is 18.7 Å². The maximum atomic E-state index is 12.6. The van der Waals surface area contributed by atoms with Crippen molar-refractivity contribution in [1.29, 1.82) is 0 Å². The minimum absolute atomic E-state index is 0.153. The number of fused-ring (bicyclic) bond motifs is 1.